The van der Waals surface area contributed by atoms with Crippen LogP contribution in [0.5, 0.6) is 11.5 Å². The number of hydrogen-bond donors (Lipinski definition) is 1. The van der Waals surface area contributed by atoms with Crippen molar-refractivity contribution >= 4 is 13.5 Å². The number of para-hydroxylation sites is 2. The first kappa shape index (κ1) is 17.9. The second kappa shape index (κ2) is 7.40. The average molecular weight is 359 g/mol. The second-order valence-corrected chi connectivity index (χ2v) is 6.48. The minimum atomic E-state index is -5.09. The second-order valence-electron chi connectivity index (χ2n) is 4.58. The molecule has 0 saturated carbocycles. The molecule has 0 atom stereocenters. The number of carbonyl (C=O) groups excluding carboxylic acids is 1. The first-order valence-electron chi connectivity index (χ1n) is 6.72. The molecule has 0 bridgehead atoms. The van der Waals surface area contributed by atoms with Crippen molar-refractivity contribution in [3.8, 4) is 11.5 Å². The van der Waals surface area contributed by atoms with Gasteiger partial charge in [0.25, 0.3) is 0 Å². The average Bonchev–Trinajstić information content (AvgIpc) is 2.53. The number of halogens is 3. The Bertz CT molecular complexity index is 677. The van der Waals surface area contributed by atoms with Crippen LogP contribution in [0.1, 0.15) is 0 Å². The molecule has 9 heteroatoms. The lowest BCUT2D eigenvalue weighted by Gasteiger charge is -2.20. The number of carbonyl (C=O) groups is 1. The van der Waals surface area contributed by atoms with Gasteiger partial charge >= 0.3 is 19.7 Å². The highest BCUT2D eigenvalue weighted by atomic mass is 31.2. The molecule has 1 amide bonds. The third-order valence-corrected chi connectivity index (χ3v) is 4.19. The fraction of sp³-hybridized carbons (Fsp3) is 0.133. The Morgan fingerprint density at radius 1 is 0.917 bits per heavy atom. The van der Waals surface area contributed by atoms with E-state index in [1.54, 1.807) is 36.4 Å². The summed E-state index contributed by atoms with van der Waals surface area (Å²) >= 11 is 0. The summed E-state index contributed by atoms with van der Waals surface area (Å²) in [4.78, 5) is 10.9. The Morgan fingerprint density at radius 3 is 1.71 bits per heavy atom. The standard InChI is InChI=1S/C15H13F3NO4P/c16-15(17,18)14(20)19-11-24(21,22-12-7-3-1-4-8-12)23-13-9-5-2-6-10-13/h1-10H,11H2,(H,19,20). The van der Waals surface area contributed by atoms with Crippen LogP contribution in [0.15, 0.2) is 60.7 Å². The van der Waals surface area contributed by atoms with Crippen molar-refractivity contribution in [3.63, 3.8) is 0 Å². The fourth-order valence-electron chi connectivity index (χ4n) is 1.64. The van der Waals surface area contributed by atoms with Gasteiger partial charge in [0.1, 0.15) is 17.8 Å². The van der Waals surface area contributed by atoms with Gasteiger partial charge < -0.3 is 14.4 Å². The highest BCUT2D eigenvalue weighted by molar-refractivity contribution is 7.54. The molecule has 0 aliphatic heterocycles. The van der Waals surface area contributed by atoms with Gasteiger partial charge in [0.05, 0.1) is 0 Å². The van der Waals surface area contributed by atoms with Gasteiger partial charge in [-0.1, -0.05) is 36.4 Å². The van der Waals surface area contributed by atoms with Gasteiger partial charge in [-0.25, -0.2) is 4.57 Å². The first-order chi connectivity index (χ1) is 11.3. The van der Waals surface area contributed by atoms with Crippen LogP contribution in [-0.2, 0) is 9.36 Å². The third kappa shape index (κ3) is 5.31. The number of benzene rings is 2. The van der Waals surface area contributed by atoms with E-state index >= 15 is 0 Å². The van der Waals surface area contributed by atoms with E-state index in [-0.39, 0.29) is 11.5 Å². The molecule has 0 fully saturated rings. The molecule has 0 spiro atoms. The maximum absolute atomic E-state index is 12.8. The summed E-state index contributed by atoms with van der Waals surface area (Å²) in [6, 6.07) is 15.6. The van der Waals surface area contributed by atoms with Crippen LogP contribution in [-0.4, -0.2) is 18.4 Å². The van der Waals surface area contributed by atoms with Crippen molar-refractivity contribution in [2.45, 2.75) is 6.18 Å². The summed E-state index contributed by atoms with van der Waals surface area (Å²) in [6.07, 6.45) is -6.03. The summed E-state index contributed by atoms with van der Waals surface area (Å²) in [6.45, 7) is 0. The largest absolute Gasteiger partial charge is 0.471 e. The summed E-state index contributed by atoms with van der Waals surface area (Å²) in [5.74, 6) is -1.95. The normalized spacial score (nSPS) is 11.6. The minimum Gasteiger partial charge on any atom is -0.415 e. The molecular weight excluding hydrogens is 346 g/mol. The highest BCUT2D eigenvalue weighted by Gasteiger charge is 2.40. The van der Waals surface area contributed by atoms with E-state index in [1.165, 1.54) is 29.6 Å². The van der Waals surface area contributed by atoms with Crippen LogP contribution in [0.2, 0.25) is 0 Å². The first-order valence-corrected chi connectivity index (χ1v) is 8.45. The van der Waals surface area contributed by atoms with Gasteiger partial charge in [0.2, 0.25) is 0 Å². The van der Waals surface area contributed by atoms with E-state index in [4.69, 9.17) is 9.05 Å². The SMILES string of the molecule is O=C(NCP(=O)(Oc1ccccc1)Oc1ccccc1)C(F)(F)F. The number of amides is 1. The van der Waals surface area contributed by atoms with Crippen molar-refractivity contribution in [2.75, 3.05) is 6.29 Å². The molecule has 5 nitrogen and oxygen atoms in total. The molecule has 0 heterocycles. The molecule has 2 aromatic carbocycles. The number of alkyl halides is 3. The molecule has 1 N–H and O–H groups in total. The number of hydrogen-bond acceptors (Lipinski definition) is 4. The molecule has 24 heavy (non-hydrogen) atoms. The van der Waals surface area contributed by atoms with Crippen LogP contribution in [0, 0.1) is 0 Å². The zero-order valence-electron chi connectivity index (χ0n) is 12.2. The van der Waals surface area contributed by atoms with E-state index in [2.05, 4.69) is 0 Å². The lowest BCUT2D eigenvalue weighted by molar-refractivity contribution is -0.173. The minimum absolute atomic E-state index is 0.137. The smallest absolute Gasteiger partial charge is 0.415 e. The van der Waals surface area contributed by atoms with E-state index in [0.717, 1.165) is 0 Å². The van der Waals surface area contributed by atoms with Crippen LogP contribution in [0.25, 0.3) is 0 Å². The van der Waals surface area contributed by atoms with Gasteiger partial charge in [-0.2, -0.15) is 13.2 Å². The van der Waals surface area contributed by atoms with Gasteiger partial charge in [0, 0.05) is 0 Å². The van der Waals surface area contributed by atoms with Crippen LogP contribution in [0.4, 0.5) is 13.2 Å². The van der Waals surface area contributed by atoms with Crippen LogP contribution < -0.4 is 14.4 Å². The van der Waals surface area contributed by atoms with Crippen molar-refractivity contribution in [3.05, 3.63) is 60.7 Å². The molecule has 128 valence electrons. The molecule has 0 aromatic heterocycles. The lowest BCUT2D eigenvalue weighted by Crippen LogP contribution is -2.38. The molecule has 0 radical (unpaired) electrons. The van der Waals surface area contributed by atoms with Crippen LogP contribution >= 0.6 is 7.60 Å². The van der Waals surface area contributed by atoms with E-state index in [1.807, 2.05) is 0 Å². The number of nitrogens with one attached hydrogen (secondary N) is 1. The maximum atomic E-state index is 12.8. The van der Waals surface area contributed by atoms with Gasteiger partial charge in [-0.15, -0.1) is 0 Å². The topological polar surface area (TPSA) is 64.6 Å². The Kier molecular flexibility index (Phi) is 5.51. The molecule has 2 rings (SSSR count). The predicted octanol–water partition coefficient (Wildman–Crippen LogP) is 3.97. The lowest BCUT2D eigenvalue weighted by atomic mass is 10.3. The molecule has 0 aliphatic carbocycles. The fourth-order valence-corrected chi connectivity index (χ4v) is 3.03. The summed E-state index contributed by atoms with van der Waals surface area (Å²) in [5, 5.41) is 1.53. The Balaban J connectivity index is 2.17. The van der Waals surface area contributed by atoms with E-state index in [9.17, 15) is 22.5 Å². The summed E-state index contributed by atoms with van der Waals surface area (Å²) in [5.41, 5.74) is 0. The Hall–Kier alpha value is -2.47. The Labute approximate surface area is 135 Å². The number of rotatable bonds is 6. The maximum Gasteiger partial charge on any atom is 0.471 e. The molecule has 0 aliphatic rings. The zero-order chi connectivity index (χ0) is 17.6. The van der Waals surface area contributed by atoms with Crippen molar-refractivity contribution in [2.24, 2.45) is 0 Å². The van der Waals surface area contributed by atoms with Gasteiger partial charge in [0.15, 0.2) is 0 Å². The zero-order valence-corrected chi connectivity index (χ0v) is 13.1. The highest BCUT2D eigenvalue weighted by Crippen LogP contribution is 2.47. The van der Waals surface area contributed by atoms with Crippen molar-refractivity contribution in [1.29, 1.82) is 0 Å². The molecule has 0 unspecified atom stereocenters. The van der Waals surface area contributed by atoms with E-state index < -0.39 is 26.0 Å². The van der Waals surface area contributed by atoms with Crippen molar-refractivity contribution in [1.82, 2.24) is 5.32 Å². The summed E-state index contributed by atoms with van der Waals surface area (Å²) in [7, 11) is -4.12. The molecular formula is C15H13F3NO4P. The Morgan fingerprint density at radius 2 is 1.33 bits per heavy atom. The molecule has 2 aromatic rings. The van der Waals surface area contributed by atoms with Gasteiger partial charge in [-0.05, 0) is 24.3 Å². The monoisotopic (exact) mass is 359 g/mol. The van der Waals surface area contributed by atoms with Crippen LogP contribution in [0.3, 0.4) is 0 Å². The van der Waals surface area contributed by atoms with Crippen molar-refractivity contribution < 1.29 is 31.6 Å². The van der Waals surface area contributed by atoms with E-state index in [0.29, 0.717) is 0 Å². The molecule has 0 saturated heterocycles. The predicted molar refractivity (Wildman–Crippen MR) is 80.8 cm³/mol. The van der Waals surface area contributed by atoms with Gasteiger partial charge in [-0.3, -0.25) is 4.79 Å². The quantitative estimate of drug-likeness (QED) is 0.793. The summed E-state index contributed by atoms with van der Waals surface area (Å²) < 4.78 is 60.1. The third-order valence-electron chi connectivity index (χ3n) is 2.67.